The molecule has 2 aromatic heterocycles. The predicted octanol–water partition coefficient (Wildman–Crippen LogP) is 3.56. The first-order valence-corrected chi connectivity index (χ1v) is 8.83. The molecule has 130 valence electrons. The van der Waals surface area contributed by atoms with E-state index < -0.39 is 0 Å². The van der Waals surface area contributed by atoms with Crippen LogP contribution in [-0.4, -0.2) is 25.7 Å². The summed E-state index contributed by atoms with van der Waals surface area (Å²) in [7, 11) is 0. The summed E-state index contributed by atoms with van der Waals surface area (Å²) in [6.45, 7) is 0. The summed E-state index contributed by atoms with van der Waals surface area (Å²) in [6, 6.07) is 15.9. The second-order valence-electron chi connectivity index (χ2n) is 5.67. The minimum absolute atomic E-state index is 0.119. The highest BCUT2D eigenvalue weighted by molar-refractivity contribution is 7.20. The Labute approximate surface area is 152 Å². The highest BCUT2D eigenvalue weighted by atomic mass is 32.1. The lowest BCUT2D eigenvalue weighted by atomic mass is 10.1. The third-order valence-corrected chi connectivity index (χ3v) is 4.62. The number of carbonyl (C=O) groups excluding carboxylic acids is 1. The Bertz CT molecular complexity index is 1060. The number of nitrogens with zero attached hydrogens (tertiary/aromatic N) is 4. The molecule has 4 aromatic rings. The first-order chi connectivity index (χ1) is 12.7. The highest BCUT2D eigenvalue weighted by Gasteiger charge is 2.15. The van der Waals surface area contributed by atoms with Crippen LogP contribution in [0.4, 0.5) is 9.52 Å². The van der Waals surface area contributed by atoms with Gasteiger partial charge in [0.05, 0.1) is 0 Å². The van der Waals surface area contributed by atoms with Crippen LogP contribution in [0.25, 0.3) is 16.3 Å². The lowest BCUT2D eigenvalue weighted by Gasteiger charge is -2.01. The third kappa shape index (κ3) is 3.45. The highest BCUT2D eigenvalue weighted by Crippen LogP contribution is 2.24. The fraction of sp³-hybridized carbons (Fsp3) is 0.111. The second-order valence-corrected chi connectivity index (χ2v) is 6.63. The minimum Gasteiger partial charge on any atom is -0.301 e. The predicted molar refractivity (Wildman–Crippen MR) is 97.4 cm³/mol. The van der Waals surface area contributed by atoms with E-state index in [-0.39, 0.29) is 11.7 Å². The van der Waals surface area contributed by atoms with Crippen molar-refractivity contribution >= 4 is 27.3 Å². The number of aromatic nitrogens is 4. The van der Waals surface area contributed by atoms with E-state index >= 15 is 0 Å². The zero-order valence-corrected chi connectivity index (χ0v) is 14.4. The van der Waals surface area contributed by atoms with Crippen LogP contribution in [-0.2, 0) is 11.2 Å². The van der Waals surface area contributed by atoms with Gasteiger partial charge in [-0.2, -0.15) is 4.52 Å². The number of fused-ring (bicyclic) bond motifs is 1. The number of halogens is 1. The van der Waals surface area contributed by atoms with E-state index in [1.165, 1.54) is 28.0 Å². The molecule has 0 saturated heterocycles. The molecule has 26 heavy (non-hydrogen) atoms. The van der Waals surface area contributed by atoms with Gasteiger partial charge in [0.15, 0.2) is 5.82 Å². The number of carbonyl (C=O) groups is 1. The number of rotatable bonds is 5. The molecular weight excluding hydrogens is 353 g/mol. The molecule has 0 bridgehead atoms. The molecule has 2 heterocycles. The number of benzene rings is 2. The summed E-state index contributed by atoms with van der Waals surface area (Å²) in [5, 5.41) is 15.6. The van der Waals surface area contributed by atoms with Gasteiger partial charge < -0.3 is 5.32 Å². The Balaban J connectivity index is 1.48. The van der Waals surface area contributed by atoms with Gasteiger partial charge in [0.25, 0.3) is 0 Å². The fourth-order valence-electron chi connectivity index (χ4n) is 2.56. The average molecular weight is 367 g/mol. The zero-order valence-electron chi connectivity index (χ0n) is 13.6. The van der Waals surface area contributed by atoms with Gasteiger partial charge in [0.2, 0.25) is 16.0 Å². The number of aryl methyl sites for hydroxylation is 1. The number of hydrogen-bond donors (Lipinski definition) is 1. The average Bonchev–Trinajstić information content (AvgIpc) is 3.21. The van der Waals surface area contributed by atoms with Crippen molar-refractivity contribution in [3.63, 3.8) is 0 Å². The quantitative estimate of drug-likeness (QED) is 0.585. The van der Waals surface area contributed by atoms with E-state index in [0.717, 1.165) is 5.56 Å². The lowest BCUT2D eigenvalue weighted by molar-refractivity contribution is -0.116. The molecule has 1 amide bonds. The van der Waals surface area contributed by atoms with Gasteiger partial charge in [-0.1, -0.05) is 53.8 Å². The number of nitrogens with one attached hydrogen (secondary N) is 1. The van der Waals surface area contributed by atoms with Crippen molar-refractivity contribution in [3.05, 3.63) is 66.0 Å². The number of hydrogen-bond acceptors (Lipinski definition) is 5. The normalized spacial score (nSPS) is 11.0. The van der Waals surface area contributed by atoms with Crippen LogP contribution in [0.5, 0.6) is 0 Å². The summed E-state index contributed by atoms with van der Waals surface area (Å²) < 4.78 is 14.9. The van der Waals surface area contributed by atoms with E-state index in [0.29, 0.717) is 34.3 Å². The number of amides is 1. The summed E-state index contributed by atoms with van der Waals surface area (Å²) in [4.78, 5) is 12.7. The molecule has 0 saturated carbocycles. The molecule has 2 aromatic carbocycles. The first-order valence-electron chi connectivity index (χ1n) is 8.01. The van der Waals surface area contributed by atoms with Crippen molar-refractivity contribution in [2.24, 2.45) is 0 Å². The SMILES string of the molecule is O=C(CCc1ccccc1)Nc1nn2c(-c3cccc(F)c3)nnc2s1. The second kappa shape index (κ2) is 7.01. The maximum atomic E-state index is 13.4. The molecule has 0 spiro atoms. The van der Waals surface area contributed by atoms with Gasteiger partial charge in [-0.15, -0.1) is 15.3 Å². The molecular formula is C18H14FN5OS. The van der Waals surface area contributed by atoms with Gasteiger partial charge >= 0.3 is 0 Å². The zero-order chi connectivity index (χ0) is 17.9. The molecule has 0 fully saturated rings. The smallest absolute Gasteiger partial charge is 0.236 e. The molecule has 4 rings (SSSR count). The standard InChI is InChI=1S/C18H14FN5OS/c19-14-8-4-7-13(11-14)16-21-22-18-24(16)23-17(26-18)20-15(25)10-9-12-5-2-1-3-6-12/h1-8,11H,9-10H2,(H,20,23,25). The van der Waals surface area contributed by atoms with Crippen molar-refractivity contribution < 1.29 is 9.18 Å². The van der Waals surface area contributed by atoms with Gasteiger partial charge in [0.1, 0.15) is 5.82 Å². The molecule has 0 radical (unpaired) electrons. The van der Waals surface area contributed by atoms with E-state index in [1.54, 1.807) is 12.1 Å². The van der Waals surface area contributed by atoms with Gasteiger partial charge in [-0.3, -0.25) is 4.79 Å². The van der Waals surface area contributed by atoms with Crippen LogP contribution >= 0.6 is 11.3 Å². The Hall–Kier alpha value is -3.13. The van der Waals surface area contributed by atoms with Crippen molar-refractivity contribution in [1.29, 1.82) is 0 Å². The third-order valence-electron chi connectivity index (χ3n) is 3.80. The monoisotopic (exact) mass is 367 g/mol. The van der Waals surface area contributed by atoms with Gasteiger partial charge in [0, 0.05) is 12.0 Å². The van der Waals surface area contributed by atoms with Crippen LogP contribution in [0, 0.1) is 5.82 Å². The van der Waals surface area contributed by atoms with E-state index in [1.807, 2.05) is 30.3 Å². The van der Waals surface area contributed by atoms with Gasteiger partial charge in [-0.05, 0) is 24.1 Å². The van der Waals surface area contributed by atoms with Crippen LogP contribution < -0.4 is 5.32 Å². The summed E-state index contributed by atoms with van der Waals surface area (Å²) in [5.41, 5.74) is 1.68. The molecule has 0 atom stereocenters. The van der Waals surface area contributed by atoms with Crippen molar-refractivity contribution in [2.75, 3.05) is 5.32 Å². The molecule has 6 nitrogen and oxygen atoms in total. The summed E-state index contributed by atoms with van der Waals surface area (Å²) >= 11 is 1.22. The first kappa shape index (κ1) is 16.3. The maximum absolute atomic E-state index is 13.4. The summed E-state index contributed by atoms with van der Waals surface area (Å²) in [6.07, 6.45) is 1.02. The number of anilines is 1. The van der Waals surface area contributed by atoms with Crippen molar-refractivity contribution in [1.82, 2.24) is 19.8 Å². The molecule has 0 aliphatic heterocycles. The largest absolute Gasteiger partial charge is 0.301 e. The molecule has 0 unspecified atom stereocenters. The van der Waals surface area contributed by atoms with E-state index in [4.69, 9.17) is 0 Å². The van der Waals surface area contributed by atoms with E-state index in [2.05, 4.69) is 20.6 Å². The summed E-state index contributed by atoms with van der Waals surface area (Å²) in [5.74, 6) is -0.0458. The lowest BCUT2D eigenvalue weighted by Crippen LogP contribution is -2.12. The van der Waals surface area contributed by atoms with Crippen LogP contribution in [0.1, 0.15) is 12.0 Å². The molecule has 0 aliphatic rings. The molecule has 0 aliphatic carbocycles. The Morgan fingerprint density at radius 1 is 1.12 bits per heavy atom. The Morgan fingerprint density at radius 2 is 1.96 bits per heavy atom. The van der Waals surface area contributed by atoms with Crippen LogP contribution in [0.15, 0.2) is 54.6 Å². The Kier molecular flexibility index (Phi) is 4.40. The molecule has 1 N–H and O–H groups in total. The van der Waals surface area contributed by atoms with Gasteiger partial charge in [-0.25, -0.2) is 4.39 Å². The topological polar surface area (TPSA) is 72.2 Å². The van der Waals surface area contributed by atoms with Crippen LogP contribution in [0.2, 0.25) is 0 Å². The van der Waals surface area contributed by atoms with Crippen molar-refractivity contribution in [2.45, 2.75) is 12.8 Å². The van der Waals surface area contributed by atoms with Crippen LogP contribution in [0.3, 0.4) is 0 Å². The molecule has 8 heteroatoms. The Morgan fingerprint density at radius 3 is 2.77 bits per heavy atom. The van der Waals surface area contributed by atoms with Crippen molar-refractivity contribution in [3.8, 4) is 11.4 Å². The fourth-order valence-corrected chi connectivity index (χ4v) is 3.32. The van der Waals surface area contributed by atoms with E-state index in [9.17, 15) is 9.18 Å². The minimum atomic E-state index is -0.357. The maximum Gasteiger partial charge on any atom is 0.236 e.